The molecule has 0 bridgehead atoms. The highest BCUT2D eigenvalue weighted by Crippen LogP contribution is 2.25. The molecule has 0 atom stereocenters. The predicted octanol–water partition coefficient (Wildman–Crippen LogP) is 4.61. The van der Waals surface area contributed by atoms with Crippen LogP contribution in [-0.4, -0.2) is 72.9 Å². The molecule has 0 aliphatic carbocycles. The van der Waals surface area contributed by atoms with Gasteiger partial charge in [-0.05, 0) is 93.6 Å². The van der Waals surface area contributed by atoms with E-state index in [1.807, 2.05) is 0 Å². The van der Waals surface area contributed by atoms with Crippen molar-refractivity contribution < 1.29 is 12.8 Å². The van der Waals surface area contributed by atoms with Crippen LogP contribution in [0.5, 0.6) is 0 Å². The number of halogens is 2. The lowest BCUT2D eigenvalue weighted by molar-refractivity contribution is 0.219. The van der Waals surface area contributed by atoms with Crippen molar-refractivity contribution in [1.82, 2.24) is 24.5 Å². The van der Waals surface area contributed by atoms with Crippen LogP contribution < -0.4 is 16.0 Å². The van der Waals surface area contributed by atoms with Crippen LogP contribution in [-0.2, 0) is 10.0 Å². The summed E-state index contributed by atoms with van der Waals surface area (Å²) in [6, 6.07) is 14.4. The number of nitrogens with zero attached hydrogens (tertiary/aromatic N) is 4. The molecule has 1 fully saturated rings. The van der Waals surface area contributed by atoms with Crippen molar-refractivity contribution in [2.45, 2.75) is 37.6 Å². The van der Waals surface area contributed by atoms with Crippen LogP contribution in [0.4, 0.5) is 27.5 Å². The Balaban J connectivity index is 0.00000420. The first-order valence-corrected chi connectivity index (χ1v) is 14.5. The molecule has 3 aromatic rings. The molecule has 0 unspecified atom stereocenters. The lowest BCUT2D eigenvalue weighted by Gasteiger charge is -2.35. The molecule has 1 saturated heterocycles. The molecule has 1 aliphatic rings. The van der Waals surface area contributed by atoms with E-state index >= 15 is 0 Å². The Kier molecular flexibility index (Phi) is 11.4. The second-order valence-electron chi connectivity index (χ2n) is 9.17. The monoisotopic (exact) mass is 577 g/mol. The highest BCUT2D eigenvalue weighted by molar-refractivity contribution is 7.89. The van der Waals surface area contributed by atoms with Gasteiger partial charge in [0.1, 0.15) is 11.6 Å². The smallest absolute Gasteiger partial charge is 0.243 e. The summed E-state index contributed by atoms with van der Waals surface area (Å²) >= 11 is 0. The van der Waals surface area contributed by atoms with Gasteiger partial charge in [-0.3, -0.25) is 0 Å². The Morgan fingerprint density at radius 2 is 1.54 bits per heavy atom. The van der Waals surface area contributed by atoms with Crippen LogP contribution in [0, 0.1) is 5.82 Å². The summed E-state index contributed by atoms with van der Waals surface area (Å²) in [7, 11) is -3.66. The summed E-state index contributed by atoms with van der Waals surface area (Å²) in [6.45, 7) is 8.78. The molecule has 0 saturated carbocycles. The number of rotatable bonds is 12. The van der Waals surface area contributed by atoms with Crippen LogP contribution in [0.25, 0.3) is 0 Å². The number of likely N-dealkylation sites (N-methyl/N-ethyl adjacent to an activating group) is 1. The molecule has 1 aliphatic heterocycles. The average Bonchev–Trinajstić information content (AvgIpc) is 2.93. The molecule has 0 radical (unpaired) electrons. The number of nitrogens with one attached hydrogen (secondary N) is 3. The summed E-state index contributed by atoms with van der Waals surface area (Å²) in [4.78, 5) is 11.2. The van der Waals surface area contributed by atoms with Gasteiger partial charge < -0.3 is 20.9 Å². The third-order valence-electron chi connectivity index (χ3n) is 6.74. The first-order chi connectivity index (χ1) is 18.4. The number of benzene rings is 2. The SMILES string of the molecule is CCN(CC)CCN(C1CCNCC1)S(=O)(=O)c1ccc(Nc2nccc(Nc3ccc(F)cc3)n2)cc1.Cl. The van der Waals surface area contributed by atoms with Gasteiger partial charge in [0.15, 0.2) is 0 Å². The molecule has 0 spiro atoms. The molecule has 12 heteroatoms. The van der Waals surface area contributed by atoms with Gasteiger partial charge in [-0.2, -0.15) is 9.29 Å². The average molecular weight is 578 g/mol. The Hall–Kier alpha value is -2.83. The van der Waals surface area contributed by atoms with Crippen LogP contribution in [0.15, 0.2) is 65.7 Å². The van der Waals surface area contributed by atoms with Crippen molar-refractivity contribution in [3.05, 3.63) is 66.6 Å². The Labute approximate surface area is 236 Å². The zero-order valence-corrected chi connectivity index (χ0v) is 23.9. The van der Waals surface area contributed by atoms with Gasteiger partial charge in [0.2, 0.25) is 16.0 Å². The van der Waals surface area contributed by atoms with Crippen molar-refractivity contribution in [2.24, 2.45) is 0 Å². The van der Waals surface area contributed by atoms with Crippen LogP contribution in [0.3, 0.4) is 0 Å². The van der Waals surface area contributed by atoms with Gasteiger partial charge in [0.25, 0.3) is 0 Å². The first-order valence-electron chi connectivity index (χ1n) is 13.1. The summed E-state index contributed by atoms with van der Waals surface area (Å²) < 4.78 is 42.3. The molecular formula is C27H37ClFN7O2S. The first kappa shape index (κ1) is 30.7. The van der Waals surface area contributed by atoms with E-state index in [0.29, 0.717) is 36.2 Å². The second-order valence-corrected chi connectivity index (χ2v) is 11.1. The van der Waals surface area contributed by atoms with Crippen LogP contribution in [0.1, 0.15) is 26.7 Å². The quantitative estimate of drug-likeness (QED) is 0.287. The zero-order chi connectivity index (χ0) is 27.0. The highest BCUT2D eigenvalue weighted by Gasteiger charge is 2.32. The van der Waals surface area contributed by atoms with E-state index in [1.54, 1.807) is 53.0 Å². The summed E-state index contributed by atoms with van der Waals surface area (Å²) in [5.74, 6) is 0.580. The number of hydrogen-bond acceptors (Lipinski definition) is 8. The standard InChI is InChI=1S/C27H36FN7O2S.ClH/c1-3-34(4-2)19-20-35(24-13-16-29-17-14-24)38(36,37)25-11-9-23(10-12-25)32-27-30-18-15-26(33-27)31-22-7-5-21(28)6-8-22;/h5-12,15,18,24,29H,3-4,13-14,16-17,19-20H2,1-2H3,(H2,30,31,32,33);1H. The molecule has 39 heavy (non-hydrogen) atoms. The Morgan fingerprint density at radius 3 is 2.18 bits per heavy atom. The molecule has 9 nitrogen and oxygen atoms in total. The largest absolute Gasteiger partial charge is 0.340 e. The van der Waals surface area contributed by atoms with E-state index in [2.05, 4.69) is 44.7 Å². The van der Waals surface area contributed by atoms with Crippen LogP contribution in [0.2, 0.25) is 0 Å². The Morgan fingerprint density at radius 1 is 0.923 bits per heavy atom. The fourth-order valence-electron chi connectivity index (χ4n) is 4.52. The van der Waals surface area contributed by atoms with Gasteiger partial charge in [-0.15, -0.1) is 12.4 Å². The molecule has 4 rings (SSSR count). The third-order valence-corrected chi connectivity index (χ3v) is 8.70. The molecule has 2 heterocycles. The van der Waals surface area contributed by atoms with Crippen molar-refractivity contribution in [3.63, 3.8) is 0 Å². The lowest BCUT2D eigenvalue weighted by atomic mass is 10.1. The van der Waals surface area contributed by atoms with Gasteiger partial charge in [0.05, 0.1) is 4.90 Å². The maximum Gasteiger partial charge on any atom is 0.243 e. The van der Waals surface area contributed by atoms with Crippen molar-refractivity contribution in [2.75, 3.05) is 49.9 Å². The van der Waals surface area contributed by atoms with E-state index in [0.717, 1.165) is 39.0 Å². The summed E-state index contributed by atoms with van der Waals surface area (Å²) in [5, 5.41) is 9.55. The van der Waals surface area contributed by atoms with E-state index in [1.165, 1.54) is 12.1 Å². The summed E-state index contributed by atoms with van der Waals surface area (Å²) in [5.41, 5.74) is 1.37. The maximum absolute atomic E-state index is 13.7. The number of piperidine rings is 1. The zero-order valence-electron chi connectivity index (χ0n) is 22.3. The molecular weight excluding hydrogens is 541 g/mol. The predicted molar refractivity (Wildman–Crippen MR) is 156 cm³/mol. The number of aromatic nitrogens is 2. The minimum atomic E-state index is -3.66. The van der Waals surface area contributed by atoms with Crippen molar-refractivity contribution in [1.29, 1.82) is 0 Å². The van der Waals surface area contributed by atoms with E-state index in [9.17, 15) is 12.8 Å². The van der Waals surface area contributed by atoms with Gasteiger partial charge >= 0.3 is 0 Å². The lowest BCUT2D eigenvalue weighted by Crippen LogP contribution is -2.48. The normalized spacial score (nSPS) is 14.3. The number of anilines is 4. The van der Waals surface area contributed by atoms with Crippen molar-refractivity contribution >= 4 is 45.6 Å². The Bertz CT molecular complexity index is 1270. The maximum atomic E-state index is 13.7. The van der Waals surface area contributed by atoms with Gasteiger partial charge in [-0.1, -0.05) is 13.8 Å². The highest BCUT2D eigenvalue weighted by atomic mass is 35.5. The third kappa shape index (κ3) is 8.33. The number of hydrogen-bond donors (Lipinski definition) is 3. The fourth-order valence-corrected chi connectivity index (χ4v) is 6.19. The van der Waals surface area contributed by atoms with E-state index in [4.69, 9.17) is 0 Å². The minimum Gasteiger partial charge on any atom is -0.340 e. The van der Waals surface area contributed by atoms with Crippen molar-refractivity contribution in [3.8, 4) is 0 Å². The van der Waals surface area contributed by atoms with Crippen LogP contribution >= 0.6 is 12.4 Å². The molecule has 3 N–H and O–H groups in total. The van der Waals surface area contributed by atoms with Gasteiger partial charge in [-0.25, -0.2) is 17.8 Å². The van der Waals surface area contributed by atoms with E-state index < -0.39 is 10.0 Å². The topological polar surface area (TPSA) is 102 Å². The van der Waals surface area contributed by atoms with E-state index in [-0.39, 0.29) is 29.2 Å². The molecule has 212 valence electrons. The second kappa shape index (κ2) is 14.5. The molecule has 0 amide bonds. The minimum absolute atomic E-state index is 0. The van der Waals surface area contributed by atoms with Gasteiger partial charge in [0, 0.05) is 36.7 Å². The summed E-state index contributed by atoms with van der Waals surface area (Å²) in [6.07, 6.45) is 3.21. The fraction of sp³-hybridized carbons (Fsp3) is 0.407. The number of sulfonamides is 1. The molecule has 2 aromatic carbocycles. The molecule has 1 aromatic heterocycles.